The Balaban J connectivity index is 1.96. The van der Waals surface area contributed by atoms with Crippen LogP contribution >= 0.6 is 0 Å². The minimum absolute atomic E-state index is 0.784. The van der Waals surface area contributed by atoms with Crippen molar-refractivity contribution in [2.24, 2.45) is 5.92 Å². The maximum absolute atomic E-state index is 4.36. The summed E-state index contributed by atoms with van der Waals surface area (Å²) in [6.45, 7) is 6.66. The first-order chi connectivity index (χ1) is 8.40. The Labute approximate surface area is 103 Å². The highest BCUT2D eigenvalue weighted by molar-refractivity contribution is 5.28. The van der Waals surface area contributed by atoms with Crippen LogP contribution in [0.1, 0.15) is 26.2 Å². The molecule has 0 aliphatic carbocycles. The zero-order valence-electron chi connectivity index (χ0n) is 10.6. The van der Waals surface area contributed by atoms with E-state index in [4.69, 9.17) is 0 Å². The van der Waals surface area contributed by atoms with E-state index in [2.05, 4.69) is 27.1 Å². The summed E-state index contributed by atoms with van der Waals surface area (Å²) in [7, 11) is 0. The molecule has 1 N–H and O–H groups in total. The van der Waals surface area contributed by atoms with Crippen molar-refractivity contribution in [3.63, 3.8) is 0 Å². The molecule has 0 spiro atoms. The summed E-state index contributed by atoms with van der Waals surface area (Å²) in [6, 6.07) is 1.87. The Morgan fingerprint density at radius 2 is 2.00 bits per heavy atom. The zero-order valence-corrected chi connectivity index (χ0v) is 10.6. The average molecular weight is 234 g/mol. The smallest absolute Gasteiger partial charge is 0.225 e. The lowest BCUT2D eigenvalue weighted by Gasteiger charge is -2.29. The van der Waals surface area contributed by atoms with Crippen molar-refractivity contribution in [2.45, 2.75) is 26.2 Å². The van der Waals surface area contributed by atoms with Crippen LogP contribution in [0.25, 0.3) is 0 Å². The van der Waals surface area contributed by atoms with Gasteiger partial charge in [-0.2, -0.15) is 0 Å². The lowest BCUT2D eigenvalue weighted by Crippen LogP contribution is -2.37. The number of hydrogen-bond acceptors (Lipinski definition) is 4. The van der Waals surface area contributed by atoms with E-state index >= 15 is 0 Å². The van der Waals surface area contributed by atoms with Gasteiger partial charge in [0.25, 0.3) is 0 Å². The van der Waals surface area contributed by atoms with Gasteiger partial charge in [0.1, 0.15) is 0 Å². The van der Waals surface area contributed by atoms with E-state index in [0.717, 1.165) is 44.5 Å². The van der Waals surface area contributed by atoms with Crippen LogP contribution in [0.5, 0.6) is 0 Å². The van der Waals surface area contributed by atoms with Gasteiger partial charge in [-0.3, -0.25) is 0 Å². The number of rotatable bonds is 5. The third-order valence-corrected chi connectivity index (χ3v) is 3.27. The lowest BCUT2D eigenvalue weighted by molar-refractivity contribution is 0.372. The second-order valence-electron chi connectivity index (χ2n) is 4.69. The minimum atomic E-state index is 0.784. The van der Waals surface area contributed by atoms with Crippen LogP contribution in [0.15, 0.2) is 18.5 Å². The Morgan fingerprint density at radius 1 is 1.29 bits per heavy atom. The molecule has 0 atom stereocenters. The SMILES string of the molecule is CCCN(CC1CCNCC1)c1ncccn1. The van der Waals surface area contributed by atoms with Crippen LogP contribution in [0, 0.1) is 5.92 Å². The molecular weight excluding hydrogens is 212 g/mol. The predicted octanol–water partition coefficient (Wildman–Crippen LogP) is 1.69. The van der Waals surface area contributed by atoms with Gasteiger partial charge in [-0.15, -0.1) is 0 Å². The molecular formula is C13H22N4. The van der Waals surface area contributed by atoms with Gasteiger partial charge in [-0.25, -0.2) is 9.97 Å². The maximum atomic E-state index is 4.36. The van der Waals surface area contributed by atoms with Crippen molar-refractivity contribution in [3.8, 4) is 0 Å². The average Bonchev–Trinajstić information content (AvgIpc) is 2.40. The molecule has 0 aromatic carbocycles. The molecule has 1 aromatic heterocycles. The Morgan fingerprint density at radius 3 is 2.65 bits per heavy atom. The van der Waals surface area contributed by atoms with Crippen LogP contribution in [0.3, 0.4) is 0 Å². The third kappa shape index (κ3) is 3.66. The van der Waals surface area contributed by atoms with Gasteiger partial charge in [0.2, 0.25) is 5.95 Å². The maximum Gasteiger partial charge on any atom is 0.225 e. The fourth-order valence-corrected chi connectivity index (χ4v) is 2.37. The van der Waals surface area contributed by atoms with E-state index in [1.807, 2.05) is 18.5 Å². The molecule has 1 fully saturated rings. The van der Waals surface area contributed by atoms with E-state index in [9.17, 15) is 0 Å². The van der Waals surface area contributed by atoms with Crippen LogP contribution in [0.4, 0.5) is 5.95 Å². The Kier molecular flexibility index (Phi) is 4.74. The van der Waals surface area contributed by atoms with Gasteiger partial charge < -0.3 is 10.2 Å². The lowest BCUT2D eigenvalue weighted by atomic mass is 9.97. The summed E-state index contributed by atoms with van der Waals surface area (Å²) < 4.78 is 0. The fourth-order valence-electron chi connectivity index (χ4n) is 2.37. The molecule has 0 unspecified atom stereocenters. The fraction of sp³-hybridized carbons (Fsp3) is 0.692. The van der Waals surface area contributed by atoms with Gasteiger partial charge in [0.15, 0.2) is 0 Å². The van der Waals surface area contributed by atoms with Crippen LogP contribution in [-0.4, -0.2) is 36.1 Å². The van der Waals surface area contributed by atoms with Crippen molar-refractivity contribution >= 4 is 5.95 Å². The summed E-state index contributed by atoms with van der Waals surface area (Å²) in [5, 5.41) is 3.41. The largest absolute Gasteiger partial charge is 0.341 e. The molecule has 17 heavy (non-hydrogen) atoms. The van der Waals surface area contributed by atoms with E-state index in [0.29, 0.717) is 0 Å². The van der Waals surface area contributed by atoms with E-state index in [1.54, 1.807) is 0 Å². The number of nitrogens with one attached hydrogen (secondary N) is 1. The molecule has 0 saturated carbocycles. The van der Waals surface area contributed by atoms with E-state index < -0.39 is 0 Å². The van der Waals surface area contributed by atoms with Crippen molar-refractivity contribution in [1.29, 1.82) is 0 Å². The number of hydrogen-bond donors (Lipinski definition) is 1. The summed E-state index contributed by atoms with van der Waals surface area (Å²) in [6.07, 6.45) is 7.34. The van der Waals surface area contributed by atoms with Crippen LogP contribution in [0.2, 0.25) is 0 Å². The molecule has 2 rings (SSSR count). The topological polar surface area (TPSA) is 41.0 Å². The van der Waals surface area contributed by atoms with Crippen LogP contribution < -0.4 is 10.2 Å². The quantitative estimate of drug-likeness (QED) is 0.842. The summed E-state index contributed by atoms with van der Waals surface area (Å²) in [4.78, 5) is 11.1. The first-order valence-electron chi connectivity index (χ1n) is 6.63. The molecule has 1 aromatic rings. The standard InChI is InChI=1S/C13H22N4/c1-2-10-17(13-15-6-3-7-16-13)11-12-4-8-14-9-5-12/h3,6-7,12,14H,2,4-5,8-11H2,1H3. The number of piperidine rings is 1. The summed E-state index contributed by atoms with van der Waals surface area (Å²) >= 11 is 0. The number of aromatic nitrogens is 2. The van der Waals surface area contributed by atoms with E-state index in [1.165, 1.54) is 12.8 Å². The molecule has 4 nitrogen and oxygen atoms in total. The van der Waals surface area contributed by atoms with Gasteiger partial charge in [-0.1, -0.05) is 6.92 Å². The van der Waals surface area contributed by atoms with Crippen LogP contribution in [-0.2, 0) is 0 Å². The number of nitrogens with zero attached hydrogens (tertiary/aromatic N) is 3. The van der Waals surface area contributed by atoms with E-state index in [-0.39, 0.29) is 0 Å². The van der Waals surface area contributed by atoms with Gasteiger partial charge in [-0.05, 0) is 44.3 Å². The molecule has 2 heterocycles. The van der Waals surface area contributed by atoms with Gasteiger partial charge in [0, 0.05) is 25.5 Å². The molecule has 1 saturated heterocycles. The molecule has 0 bridgehead atoms. The first-order valence-corrected chi connectivity index (χ1v) is 6.63. The Bertz CT molecular complexity index is 308. The monoisotopic (exact) mass is 234 g/mol. The van der Waals surface area contributed by atoms with Crippen molar-refractivity contribution in [2.75, 3.05) is 31.1 Å². The second-order valence-corrected chi connectivity index (χ2v) is 4.69. The molecule has 94 valence electrons. The molecule has 1 aliphatic rings. The molecule has 0 amide bonds. The van der Waals surface area contributed by atoms with Crippen molar-refractivity contribution in [3.05, 3.63) is 18.5 Å². The molecule has 4 heteroatoms. The van der Waals surface area contributed by atoms with Crippen molar-refractivity contribution in [1.82, 2.24) is 15.3 Å². The molecule has 0 radical (unpaired) electrons. The zero-order chi connectivity index (χ0) is 11.9. The highest BCUT2D eigenvalue weighted by atomic mass is 15.2. The second kappa shape index (κ2) is 6.55. The van der Waals surface area contributed by atoms with Crippen molar-refractivity contribution < 1.29 is 0 Å². The predicted molar refractivity (Wildman–Crippen MR) is 70.1 cm³/mol. The summed E-state index contributed by atoms with van der Waals surface area (Å²) in [5.74, 6) is 1.67. The normalized spacial score (nSPS) is 17.0. The first kappa shape index (κ1) is 12.3. The molecule has 1 aliphatic heterocycles. The van der Waals surface area contributed by atoms with Gasteiger partial charge in [0.05, 0.1) is 0 Å². The van der Waals surface area contributed by atoms with Gasteiger partial charge >= 0.3 is 0 Å². The number of anilines is 1. The summed E-state index contributed by atoms with van der Waals surface area (Å²) in [5.41, 5.74) is 0. The highest BCUT2D eigenvalue weighted by Gasteiger charge is 2.17. The Hall–Kier alpha value is -1.16. The minimum Gasteiger partial charge on any atom is -0.341 e. The third-order valence-electron chi connectivity index (χ3n) is 3.27. The highest BCUT2D eigenvalue weighted by Crippen LogP contribution is 2.16.